The van der Waals surface area contributed by atoms with Crippen molar-refractivity contribution in [1.29, 1.82) is 0 Å². The van der Waals surface area contributed by atoms with Crippen LogP contribution in [0.2, 0.25) is 5.02 Å². The standard InChI is InChI=1S/C22H16ClFN2O2S/c1-13-4-9-16(11-17(13)23)25-20-19(18-3-2-10-29-18)21(27)26(22(20)28)12-14-5-7-15(24)8-6-14/h2-11,25H,12H2,1H3. The SMILES string of the molecule is Cc1ccc(NC2=C(c3cccs3)C(=O)N(Cc3ccc(F)cc3)C2=O)cc1Cl. The fraction of sp³-hybridized carbons (Fsp3) is 0.0909. The van der Waals surface area contributed by atoms with Gasteiger partial charge in [0, 0.05) is 15.6 Å². The second kappa shape index (κ2) is 7.81. The van der Waals surface area contributed by atoms with Crippen LogP contribution in [0.25, 0.3) is 5.57 Å². The monoisotopic (exact) mass is 426 g/mol. The molecule has 1 N–H and O–H groups in total. The fourth-order valence-electron chi connectivity index (χ4n) is 3.07. The molecule has 1 aliphatic rings. The molecular weight excluding hydrogens is 411 g/mol. The minimum atomic E-state index is -0.431. The number of halogens is 2. The van der Waals surface area contributed by atoms with E-state index in [1.807, 2.05) is 24.4 Å². The summed E-state index contributed by atoms with van der Waals surface area (Å²) in [5.74, 6) is -1.19. The Hall–Kier alpha value is -2.96. The van der Waals surface area contributed by atoms with Gasteiger partial charge in [0.15, 0.2) is 0 Å². The van der Waals surface area contributed by atoms with E-state index in [1.54, 1.807) is 30.3 Å². The van der Waals surface area contributed by atoms with Crippen molar-refractivity contribution in [3.8, 4) is 0 Å². The van der Waals surface area contributed by atoms with Crippen molar-refractivity contribution in [2.24, 2.45) is 0 Å². The van der Waals surface area contributed by atoms with Crippen molar-refractivity contribution < 1.29 is 14.0 Å². The van der Waals surface area contributed by atoms with E-state index >= 15 is 0 Å². The second-order valence-electron chi connectivity index (χ2n) is 6.64. The van der Waals surface area contributed by atoms with Gasteiger partial charge in [0.1, 0.15) is 11.5 Å². The number of aryl methyl sites for hydroxylation is 1. The number of anilines is 1. The molecule has 146 valence electrons. The number of nitrogens with one attached hydrogen (secondary N) is 1. The molecule has 2 amide bonds. The first-order chi connectivity index (χ1) is 13.9. The smallest absolute Gasteiger partial charge is 0.278 e. The lowest BCUT2D eigenvalue weighted by Crippen LogP contribution is -2.31. The Balaban J connectivity index is 1.70. The zero-order valence-corrected chi connectivity index (χ0v) is 17.0. The maximum Gasteiger partial charge on any atom is 0.278 e. The largest absolute Gasteiger partial charge is 0.350 e. The highest BCUT2D eigenvalue weighted by Crippen LogP contribution is 2.34. The van der Waals surface area contributed by atoms with Crippen LogP contribution in [0.4, 0.5) is 10.1 Å². The van der Waals surface area contributed by atoms with Crippen molar-refractivity contribution in [3.05, 3.63) is 92.5 Å². The average Bonchev–Trinajstić information content (AvgIpc) is 3.30. The molecule has 4 nitrogen and oxygen atoms in total. The van der Waals surface area contributed by atoms with Crippen LogP contribution in [-0.4, -0.2) is 16.7 Å². The summed E-state index contributed by atoms with van der Waals surface area (Å²) in [6.07, 6.45) is 0. The van der Waals surface area contributed by atoms with Crippen LogP contribution in [-0.2, 0) is 16.1 Å². The minimum absolute atomic E-state index is 0.0622. The first-order valence-corrected chi connectivity index (χ1v) is 10.1. The lowest BCUT2D eigenvalue weighted by Gasteiger charge is -2.15. The highest BCUT2D eigenvalue weighted by Gasteiger charge is 2.39. The summed E-state index contributed by atoms with van der Waals surface area (Å²) in [6, 6.07) is 14.7. The first-order valence-electron chi connectivity index (χ1n) is 8.86. The van der Waals surface area contributed by atoms with Crippen LogP contribution in [0.1, 0.15) is 16.0 Å². The topological polar surface area (TPSA) is 49.4 Å². The van der Waals surface area contributed by atoms with Gasteiger partial charge in [-0.3, -0.25) is 14.5 Å². The number of imide groups is 1. The summed E-state index contributed by atoms with van der Waals surface area (Å²) in [5, 5.41) is 5.50. The third-order valence-electron chi connectivity index (χ3n) is 4.63. The van der Waals surface area contributed by atoms with Gasteiger partial charge >= 0.3 is 0 Å². The Labute approximate surface area is 176 Å². The van der Waals surface area contributed by atoms with E-state index in [0.29, 0.717) is 26.7 Å². The number of thiophene rings is 1. The second-order valence-corrected chi connectivity index (χ2v) is 7.99. The number of carbonyl (C=O) groups excluding carboxylic acids is 2. The molecule has 7 heteroatoms. The molecule has 1 aliphatic heterocycles. The summed E-state index contributed by atoms with van der Waals surface area (Å²) >= 11 is 7.59. The molecule has 0 spiro atoms. The normalized spacial score (nSPS) is 14.1. The van der Waals surface area contributed by atoms with Crippen molar-refractivity contribution >= 4 is 46.0 Å². The number of benzene rings is 2. The van der Waals surface area contributed by atoms with Gasteiger partial charge in [-0.25, -0.2) is 4.39 Å². The van der Waals surface area contributed by atoms with Crippen molar-refractivity contribution in [3.63, 3.8) is 0 Å². The molecular formula is C22H16ClFN2O2S. The van der Waals surface area contributed by atoms with Gasteiger partial charge in [-0.1, -0.05) is 35.9 Å². The molecule has 0 radical (unpaired) electrons. The van der Waals surface area contributed by atoms with E-state index in [2.05, 4.69) is 5.32 Å². The van der Waals surface area contributed by atoms with E-state index in [4.69, 9.17) is 11.6 Å². The number of hydrogen-bond donors (Lipinski definition) is 1. The lowest BCUT2D eigenvalue weighted by atomic mass is 10.1. The zero-order chi connectivity index (χ0) is 20.5. The molecule has 0 bridgehead atoms. The Morgan fingerprint density at radius 3 is 2.48 bits per heavy atom. The van der Waals surface area contributed by atoms with Crippen LogP contribution >= 0.6 is 22.9 Å². The number of rotatable bonds is 5. The van der Waals surface area contributed by atoms with Crippen molar-refractivity contribution in [1.82, 2.24) is 4.90 Å². The molecule has 0 saturated heterocycles. The van der Waals surface area contributed by atoms with Gasteiger partial charge in [0.05, 0.1) is 12.1 Å². The van der Waals surface area contributed by atoms with Crippen molar-refractivity contribution in [2.75, 3.05) is 5.32 Å². The third-order valence-corrected chi connectivity index (χ3v) is 5.93. The summed E-state index contributed by atoms with van der Waals surface area (Å²) in [4.78, 5) is 28.1. The molecule has 0 atom stereocenters. The van der Waals surface area contributed by atoms with E-state index in [1.165, 1.54) is 28.4 Å². The van der Waals surface area contributed by atoms with Crippen LogP contribution in [0.5, 0.6) is 0 Å². The number of carbonyl (C=O) groups is 2. The van der Waals surface area contributed by atoms with E-state index < -0.39 is 5.91 Å². The summed E-state index contributed by atoms with van der Waals surface area (Å²) in [5.41, 5.74) is 2.73. The maximum atomic E-state index is 13.2. The molecule has 29 heavy (non-hydrogen) atoms. The van der Waals surface area contributed by atoms with Crippen LogP contribution in [0.15, 0.2) is 65.7 Å². The van der Waals surface area contributed by atoms with Gasteiger partial charge in [-0.15, -0.1) is 11.3 Å². The zero-order valence-electron chi connectivity index (χ0n) is 15.4. The quantitative estimate of drug-likeness (QED) is 0.567. The number of nitrogens with zero attached hydrogens (tertiary/aromatic N) is 1. The molecule has 0 unspecified atom stereocenters. The highest BCUT2D eigenvalue weighted by molar-refractivity contribution is 7.11. The Kier molecular flexibility index (Phi) is 5.22. The molecule has 0 saturated carbocycles. The van der Waals surface area contributed by atoms with Crippen molar-refractivity contribution in [2.45, 2.75) is 13.5 Å². The summed E-state index contributed by atoms with van der Waals surface area (Å²) in [6.45, 7) is 1.95. The van der Waals surface area contributed by atoms with E-state index in [9.17, 15) is 14.0 Å². The lowest BCUT2D eigenvalue weighted by molar-refractivity contribution is -0.137. The molecule has 0 aliphatic carbocycles. The molecule has 1 aromatic heterocycles. The van der Waals surface area contributed by atoms with Gasteiger partial charge in [0.2, 0.25) is 0 Å². The summed E-state index contributed by atoms with van der Waals surface area (Å²) in [7, 11) is 0. The Morgan fingerprint density at radius 1 is 1.07 bits per heavy atom. The van der Waals surface area contributed by atoms with Gasteiger partial charge in [-0.05, 0) is 53.8 Å². The first kappa shape index (κ1) is 19.4. The number of amides is 2. The molecule has 2 heterocycles. The molecule has 3 aromatic rings. The predicted molar refractivity (Wildman–Crippen MR) is 113 cm³/mol. The maximum absolute atomic E-state index is 13.2. The highest BCUT2D eigenvalue weighted by atomic mass is 35.5. The minimum Gasteiger partial charge on any atom is -0.350 e. The summed E-state index contributed by atoms with van der Waals surface area (Å²) < 4.78 is 13.2. The fourth-order valence-corrected chi connectivity index (χ4v) is 4.02. The van der Waals surface area contributed by atoms with Crippen LogP contribution in [0.3, 0.4) is 0 Å². The molecule has 0 fully saturated rings. The predicted octanol–water partition coefficient (Wildman–Crippen LogP) is 5.24. The average molecular weight is 427 g/mol. The molecule has 4 rings (SSSR count). The molecule has 2 aromatic carbocycles. The van der Waals surface area contributed by atoms with Gasteiger partial charge in [0.25, 0.3) is 11.8 Å². The number of hydrogen-bond acceptors (Lipinski definition) is 4. The van der Waals surface area contributed by atoms with E-state index in [0.717, 1.165) is 5.56 Å². The third kappa shape index (κ3) is 3.81. The van der Waals surface area contributed by atoms with Crippen LogP contribution < -0.4 is 5.32 Å². The van der Waals surface area contributed by atoms with Gasteiger partial charge in [-0.2, -0.15) is 0 Å². The van der Waals surface area contributed by atoms with Crippen LogP contribution in [0, 0.1) is 12.7 Å². The van der Waals surface area contributed by atoms with Gasteiger partial charge < -0.3 is 5.32 Å². The van der Waals surface area contributed by atoms with E-state index in [-0.39, 0.29) is 24.0 Å². The Morgan fingerprint density at radius 2 is 1.83 bits per heavy atom. The Bertz CT molecular complexity index is 1120.